The highest BCUT2D eigenvalue weighted by Gasteiger charge is 2.06. The highest BCUT2D eigenvalue weighted by atomic mass is 35.5. The van der Waals surface area contributed by atoms with Gasteiger partial charge in [0.05, 0.1) is 13.1 Å². The number of guanidine groups is 1. The monoisotopic (exact) mass is 372 g/mol. The van der Waals surface area contributed by atoms with E-state index in [0.717, 1.165) is 21.7 Å². The number of rotatable bonds is 6. The van der Waals surface area contributed by atoms with Gasteiger partial charge < -0.3 is 15.5 Å². The molecule has 2 N–H and O–H groups in total. The molecule has 0 heterocycles. The lowest BCUT2D eigenvalue weighted by molar-refractivity contribution is -0.127. The lowest BCUT2D eigenvalue weighted by Crippen LogP contribution is -2.42. The molecular formula is C20H25ClN4O. The van der Waals surface area contributed by atoms with E-state index in [4.69, 9.17) is 11.6 Å². The zero-order valence-electron chi connectivity index (χ0n) is 15.4. The van der Waals surface area contributed by atoms with Gasteiger partial charge in [0.25, 0.3) is 0 Å². The maximum Gasteiger partial charge on any atom is 0.241 e. The van der Waals surface area contributed by atoms with Crippen LogP contribution in [0, 0.1) is 6.92 Å². The number of aryl methyl sites for hydroxylation is 1. The van der Waals surface area contributed by atoms with Crippen molar-refractivity contribution in [3.63, 3.8) is 0 Å². The first-order chi connectivity index (χ1) is 12.5. The SMILES string of the molecule is Cc1cc(CN=C(NCC(=O)N(C)C)NCc2ccccc2)ccc1Cl. The van der Waals surface area contributed by atoms with Crippen molar-refractivity contribution in [2.75, 3.05) is 20.6 Å². The quantitative estimate of drug-likeness (QED) is 0.605. The number of carbonyl (C=O) groups excluding carboxylic acids is 1. The van der Waals surface area contributed by atoms with Crippen LogP contribution in [0.15, 0.2) is 53.5 Å². The van der Waals surface area contributed by atoms with E-state index in [9.17, 15) is 4.79 Å². The highest BCUT2D eigenvalue weighted by molar-refractivity contribution is 6.31. The van der Waals surface area contributed by atoms with Crippen LogP contribution in [-0.4, -0.2) is 37.4 Å². The molecule has 138 valence electrons. The van der Waals surface area contributed by atoms with Crippen LogP contribution in [0.2, 0.25) is 5.02 Å². The van der Waals surface area contributed by atoms with Crippen molar-refractivity contribution in [3.8, 4) is 0 Å². The van der Waals surface area contributed by atoms with Crippen LogP contribution in [0.1, 0.15) is 16.7 Å². The van der Waals surface area contributed by atoms with Crippen LogP contribution in [-0.2, 0) is 17.9 Å². The van der Waals surface area contributed by atoms with E-state index in [2.05, 4.69) is 15.6 Å². The Labute approximate surface area is 160 Å². The van der Waals surface area contributed by atoms with Gasteiger partial charge in [0.2, 0.25) is 5.91 Å². The average Bonchev–Trinajstić information content (AvgIpc) is 2.64. The molecule has 2 aromatic rings. The van der Waals surface area contributed by atoms with E-state index in [1.165, 1.54) is 0 Å². The second-order valence-corrected chi connectivity index (χ2v) is 6.64. The predicted molar refractivity (Wildman–Crippen MR) is 107 cm³/mol. The summed E-state index contributed by atoms with van der Waals surface area (Å²) in [7, 11) is 3.46. The fraction of sp³-hybridized carbons (Fsp3) is 0.300. The van der Waals surface area contributed by atoms with Gasteiger partial charge in [-0.1, -0.05) is 54.1 Å². The number of nitrogens with zero attached hydrogens (tertiary/aromatic N) is 2. The number of hydrogen-bond acceptors (Lipinski definition) is 2. The summed E-state index contributed by atoms with van der Waals surface area (Å²) in [5.41, 5.74) is 3.23. The summed E-state index contributed by atoms with van der Waals surface area (Å²) in [4.78, 5) is 18.0. The maximum atomic E-state index is 11.8. The normalized spacial score (nSPS) is 11.2. The molecule has 0 fully saturated rings. The molecular weight excluding hydrogens is 348 g/mol. The third-order valence-electron chi connectivity index (χ3n) is 3.85. The maximum absolute atomic E-state index is 11.8. The molecule has 0 radical (unpaired) electrons. The molecule has 6 heteroatoms. The second kappa shape index (κ2) is 9.82. The summed E-state index contributed by atoms with van der Waals surface area (Å²) in [6, 6.07) is 15.9. The summed E-state index contributed by atoms with van der Waals surface area (Å²) in [5.74, 6) is 0.582. The molecule has 0 saturated heterocycles. The minimum Gasteiger partial charge on any atom is -0.352 e. The summed E-state index contributed by atoms with van der Waals surface area (Å²) in [6.07, 6.45) is 0. The molecule has 0 aliphatic carbocycles. The fourth-order valence-corrected chi connectivity index (χ4v) is 2.37. The third-order valence-corrected chi connectivity index (χ3v) is 4.27. The number of aliphatic imine (C=N–C) groups is 1. The zero-order chi connectivity index (χ0) is 18.9. The van der Waals surface area contributed by atoms with Gasteiger partial charge >= 0.3 is 0 Å². The Morgan fingerprint density at radius 1 is 1.08 bits per heavy atom. The molecule has 5 nitrogen and oxygen atoms in total. The molecule has 1 amide bonds. The van der Waals surface area contributed by atoms with Gasteiger partial charge in [-0.05, 0) is 29.7 Å². The Kier molecular flexibility index (Phi) is 7.48. The van der Waals surface area contributed by atoms with Crippen LogP contribution in [0.3, 0.4) is 0 Å². The van der Waals surface area contributed by atoms with Crippen molar-refractivity contribution >= 4 is 23.5 Å². The number of carbonyl (C=O) groups is 1. The van der Waals surface area contributed by atoms with Gasteiger partial charge in [0.1, 0.15) is 0 Å². The van der Waals surface area contributed by atoms with Crippen molar-refractivity contribution < 1.29 is 4.79 Å². The van der Waals surface area contributed by atoms with E-state index < -0.39 is 0 Å². The van der Waals surface area contributed by atoms with Crippen LogP contribution >= 0.6 is 11.6 Å². The predicted octanol–water partition coefficient (Wildman–Crippen LogP) is 2.97. The van der Waals surface area contributed by atoms with E-state index in [-0.39, 0.29) is 12.5 Å². The van der Waals surface area contributed by atoms with Crippen LogP contribution in [0.5, 0.6) is 0 Å². The Morgan fingerprint density at radius 3 is 2.46 bits per heavy atom. The van der Waals surface area contributed by atoms with Crippen molar-refractivity contribution in [1.29, 1.82) is 0 Å². The minimum absolute atomic E-state index is 0.0125. The van der Waals surface area contributed by atoms with E-state index >= 15 is 0 Å². The Bertz CT molecular complexity index is 760. The van der Waals surface area contributed by atoms with E-state index in [1.54, 1.807) is 19.0 Å². The Morgan fingerprint density at radius 2 is 1.81 bits per heavy atom. The number of amides is 1. The number of benzene rings is 2. The largest absolute Gasteiger partial charge is 0.352 e. The van der Waals surface area contributed by atoms with Crippen molar-refractivity contribution in [1.82, 2.24) is 15.5 Å². The molecule has 0 bridgehead atoms. The molecule has 0 atom stereocenters. The standard InChI is InChI=1S/C20H25ClN4O/c1-15-11-17(9-10-18(15)21)13-23-20(24-14-19(26)25(2)3)22-12-16-7-5-4-6-8-16/h4-11H,12-14H2,1-3H3,(H2,22,23,24). The molecule has 2 rings (SSSR count). The number of likely N-dealkylation sites (N-methyl/N-ethyl adjacent to an activating group) is 1. The summed E-state index contributed by atoms with van der Waals surface area (Å²) in [5, 5.41) is 7.10. The second-order valence-electron chi connectivity index (χ2n) is 6.23. The van der Waals surface area contributed by atoms with E-state index in [1.807, 2.05) is 55.5 Å². The van der Waals surface area contributed by atoms with Crippen LogP contribution in [0.4, 0.5) is 0 Å². The molecule has 2 aromatic carbocycles. The minimum atomic E-state index is -0.0125. The van der Waals surface area contributed by atoms with Gasteiger partial charge in [-0.25, -0.2) is 4.99 Å². The first-order valence-corrected chi connectivity index (χ1v) is 8.85. The lowest BCUT2D eigenvalue weighted by Gasteiger charge is -2.15. The summed E-state index contributed by atoms with van der Waals surface area (Å²) in [6.45, 7) is 3.28. The lowest BCUT2D eigenvalue weighted by atomic mass is 10.1. The van der Waals surface area contributed by atoms with Crippen LogP contribution in [0.25, 0.3) is 0 Å². The summed E-state index contributed by atoms with van der Waals surface area (Å²) >= 11 is 6.07. The Hall–Kier alpha value is -2.53. The Balaban J connectivity index is 2.04. The van der Waals surface area contributed by atoms with Crippen molar-refractivity contribution in [2.24, 2.45) is 4.99 Å². The molecule has 0 unspecified atom stereocenters. The topological polar surface area (TPSA) is 56.7 Å². The molecule has 0 saturated carbocycles. The molecule has 26 heavy (non-hydrogen) atoms. The number of nitrogens with one attached hydrogen (secondary N) is 2. The summed E-state index contributed by atoms with van der Waals surface area (Å²) < 4.78 is 0. The number of halogens is 1. The van der Waals surface area contributed by atoms with Crippen molar-refractivity contribution in [3.05, 3.63) is 70.2 Å². The average molecular weight is 373 g/mol. The highest BCUT2D eigenvalue weighted by Crippen LogP contribution is 2.16. The van der Waals surface area contributed by atoms with Crippen LogP contribution < -0.4 is 10.6 Å². The first kappa shape index (κ1) is 19.8. The fourth-order valence-electron chi connectivity index (χ4n) is 2.25. The van der Waals surface area contributed by atoms with Gasteiger partial charge in [0, 0.05) is 25.7 Å². The zero-order valence-corrected chi connectivity index (χ0v) is 16.2. The third kappa shape index (κ3) is 6.41. The molecule has 0 aliphatic heterocycles. The van der Waals surface area contributed by atoms with Crippen molar-refractivity contribution in [2.45, 2.75) is 20.0 Å². The van der Waals surface area contributed by atoms with E-state index in [0.29, 0.717) is 19.0 Å². The van der Waals surface area contributed by atoms with Gasteiger partial charge in [-0.2, -0.15) is 0 Å². The number of hydrogen-bond donors (Lipinski definition) is 2. The molecule has 0 aromatic heterocycles. The van der Waals surface area contributed by atoms with Gasteiger partial charge in [-0.15, -0.1) is 0 Å². The molecule has 0 spiro atoms. The molecule has 0 aliphatic rings. The van der Waals surface area contributed by atoms with Gasteiger partial charge in [-0.3, -0.25) is 4.79 Å². The van der Waals surface area contributed by atoms with Gasteiger partial charge in [0.15, 0.2) is 5.96 Å². The smallest absolute Gasteiger partial charge is 0.241 e. The first-order valence-electron chi connectivity index (χ1n) is 8.47.